The molecule has 0 spiro atoms. The van der Waals surface area contributed by atoms with Gasteiger partial charge in [-0.05, 0) is 31.5 Å². The van der Waals surface area contributed by atoms with Gasteiger partial charge in [-0.2, -0.15) is 0 Å². The van der Waals surface area contributed by atoms with Crippen molar-refractivity contribution >= 4 is 0 Å². The van der Waals surface area contributed by atoms with Crippen LogP contribution in [0.1, 0.15) is 64.0 Å². The molecule has 0 radical (unpaired) electrons. The van der Waals surface area contributed by atoms with Gasteiger partial charge in [-0.3, -0.25) is 0 Å². The summed E-state index contributed by atoms with van der Waals surface area (Å²) in [4.78, 5) is 0. The molecule has 19 heavy (non-hydrogen) atoms. The number of ether oxygens (including phenoxy) is 1. The van der Waals surface area contributed by atoms with Crippen LogP contribution in [0, 0.1) is 5.82 Å². The summed E-state index contributed by atoms with van der Waals surface area (Å²) in [5.74, 6) is 0.243. The number of aliphatic hydroxyl groups is 1. The maximum Gasteiger partial charge on any atom is 0.125 e. The van der Waals surface area contributed by atoms with Crippen LogP contribution in [0.2, 0.25) is 0 Å². The first-order valence-electron chi connectivity index (χ1n) is 7.25. The average molecular weight is 268 g/mol. The predicted molar refractivity (Wildman–Crippen MR) is 75.9 cm³/mol. The van der Waals surface area contributed by atoms with Crippen molar-refractivity contribution in [3.05, 3.63) is 29.6 Å². The Labute approximate surface area is 115 Å². The second-order valence-corrected chi connectivity index (χ2v) is 4.97. The summed E-state index contributed by atoms with van der Waals surface area (Å²) in [6.07, 6.45) is 6.52. The Kier molecular flexibility index (Phi) is 7.49. The van der Waals surface area contributed by atoms with Crippen LogP contribution < -0.4 is 4.74 Å². The number of aliphatic hydroxyl groups excluding tert-OH is 1. The number of hydrogen-bond acceptors (Lipinski definition) is 2. The molecular weight excluding hydrogens is 243 g/mol. The van der Waals surface area contributed by atoms with Crippen LogP contribution in [0.5, 0.6) is 5.75 Å². The normalized spacial score (nSPS) is 12.4. The lowest BCUT2D eigenvalue weighted by atomic mass is 10.1. The predicted octanol–water partition coefficient (Wildman–Crippen LogP) is 4.62. The zero-order valence-electron chi connectivity index (χ0n) is 12.0. The van der Waals surface area contributed by atoms with Crippen LogP contribution in [0.25, 0.3) is 0 Å². The van der Waals surface area contributed by atoms with Gasteiger partial charge in [0.05, 0.1) is 12.7 Å². The fourth-order valence-electron chi connectivity index (χ4n) is 2.04. The standard InChI is InChI=1S/C16H25FO2/c1-3-4-5-6-7-8-11-19-16-10-9-14(17)12-15(16)13(2)18/h9-10,12-13,18H,3-8,11H2,1-2H3/t13-/m0/s1. The third kappa shape index (κ3) is 6.06. The van der Waals surface area contributed by atoms with Crippen molar-refractivity contribution in [2.24, 2.45) is 0 Å². The highest BCUT2D eigenvalue weighted by molar-refractivity contribution is 5.35. The van der Waals surface area contributed by atoms with E-state index in [1.807, 2.05) is 0 Å². The molecule has 2 nitrogen and oxygen atoms in total. The molecule has 0 fully saturated rings. The van der Waals surface area contributed by atoms with Gasteiger partial charge in [-0.1, -0.05) is 39.0 Å². The molecule has 1 rings (SSSR count). The Bertz CT molecular complexity index is 364. The monoisotopic (exact) mass is 268 g/mol. The molecule has 1 aromatic carbocycles. The first kappa shape index (κ1) is 16.0. The fraction of sp³-hybridized carbons (Fsp3) is 0.625. The summed E-state index contributed by atoms with van der Waals surface area (Å²) >= 11 is 0. The van der Waals surface area contributed by atoms with E-state index in [4.69, 9.17) is 4.74 Å². The summed E-state index contributed by atoms with van der Waals surface area (Å²) in [6, 6.07) is 4.29. The van der Waals surface area contributed by atoms with Crippen LogP contribution >= 0.6 is 0 Å². The van der Waals surface area contributed by atoms with Crippen LogP contribution in [0.4, 0.5) is 4.39 Å². The van der Waals surface area contributed by atoms with Gasteiger partial charge < -0.3 is 9.84 Å². The second-order valence-electron chi connectivity index (χ2n) is 4.97. The Hall–Kier alpha value is -1.09. The van der Waals surface area contributed by atoms with E-state index >= 15 is 0 Å². The van der Waals surface area contributed by atoms with Crippen molar-refractivity contribution in [2.45, 2.75) is 58.5 Å². The molecule has 0 aliphatic heterocycles. The minimum Gasteiger partial charge on any atom is -0.493 e. The van der Waals surface area contributed by atoms with E-state index in [2.05, 4.69) is 6.92 Å². The summed E-state index contributed by atoms with van der Waals surface area (Å²) in [5, 5.41) is 9.58. The summed E-state index contributed by atoms with van der Waals surface area (Å²) in [6.45, 7) is 4.44. The van der Waals surface area contributed by atoms with Crippen molar-refractivity contribution in [2.75, 3.05) is 6.61 Å². The minimum atomic E-state index is -0.713. The summed E-state index contributed by atoms with van der Waals surface area (Å²) in [5.41, 5.74) is 0.519. The van der Waals surface area contributed by atoms with Crippen molar-refractivity contribution in [3.63, 3.8) is 0 Å². The van der Waals surface area contributed by atoms with E-state index < -0.39 is 6.10 Å². The van der Waals surface area contributed by atoms with Gasteiger partial charge in [0, 0.05) is 5.56 Å². The molecule has 1 aromatic rings. The summed E-state index contributed by atoms with van der Waals surface area (Å²) in [7, 11) is 0. The molecule has 1 atom stereocenters. The number of benzene rings is 1. The quantitative estimate of drug-likeness (QED) is 0.662. The van der Waals surface area contributed by atoms with Gasteiger partial charge in [-0.25, -0.2) is 4.39 Å². The highest BCUT2D eigenvalue weighted by Crippen LogP contribution is 2.26. The van der Waals surface area contributed by atoms with Crippen molar-refractivity contribution in [1.82, 2.24) is 0 Å². The highest BCUT2D eigenvalue weighted by atomic mass is 19.1. The van der Waals surface area contributed by atoms with Crippen LogP contribution in [-0.4, -0.2) is 11.7 Å². The average Bonchev–Trinajstić information content (AvgIpc) is 2.39. The fourth-order valence-corrected chi connectivity index (χ4v) is 2.04. The van der Waals surface area contributed by atoms with Crippen LogP contribution in [-0.2, 0) is 0 Å². The van der Waals surface area contributed by atoms with E-state index in [0.29, 0.717) is 17.9 Å². The molecule has 0 aliphatic rings. The third-order valence-corrected chi connectivity index (χ3v) is 3.18. The molecular formula is C16H25FO2. The second kappa shape index (κ2) is 8.92. The van der Waals surface area contributed by atoms with Gasteiger partial charge in [0.15, 0.2) is 0 Å². The summed E-state index contributed by atoms with van der Waals surface area (Å²) < 4.78 is 18.7. The molecule has 3 heteroatoms. The van der Waals surface area contributed by atoms with E-state index in [1.54, 1.807) is 13.0 Å². The lowest BCUT2D eigenvalue weighted by Crippen LogP contribution is -2.03. The molecule has 0 saturated carbocycles. The molecule has 0 saturated heterocycles. The zero-order valence-corrected chi connectivity index (χ0v) is 12.0. The minimum absolute atomic E-state index is 0.345. The number of hydrogen-bond donors (Lipinski definition) is 1. The van der Waals surface area contributed by atoms with E-state index in [0.717, 1.165) is 12.8 Å². The van der Waals surface area contributed by atoms with Crippen molar-refractivity contribution < 1.29 is 14.2 Å². The van der Waals surface area contributed by atoms with Crippen molar-refractivity contribution in [3.8, 4) is 5.75 Å². The Morgan fingerprint density at radius 2 is 1.84 bits per heavy atom. The largest absolute Gasteiger partial charge is 0.493 e. The molecule has 0 heterocycles. The van der Waals surface area contributed by atoms with E-state index in [-0.39, 0.29) is 5.82 Å². The van der Waals surface area contributed by atoms with Crippen molar-refractivity contribution in [1.29, 1.82) is 0 Å². The van der Waals surface area contributed by atoms with Gasteiger partial charge in [0.2, 0.25) is 0 Å². The third-order valence-electron chi connectivity index (χ3n) is 3.18. The maximum absolute atomic E-state index is 13.1. The molecule has 0 aliphatic carbocycles. The number of rotatable bonds is 9. The smallest absolute Gasteiger partial charge is 0.125 e. The number of unbranched alkanes of at least 4 members (excludes halogenated alkanes) is 5. The number of halogens is 1. The van der Waals surface area contributed by atoms with Crippen LogP contribution in [0.15, 0.2) is 18.2 Å². The Morgan fingerprint density at radius 3 is 2.53 bits per heavy atom. The van der Waals surface area contributed by atoms with Gasteiger partial charge >= 0.3 is 0 Å². The maximum atomic E-state index is 13.1. The molecule has 0 bridgehead atoms. The Balaban J connectivity index is 2.33. The molecule has 1 N–H and O–H groups in total. The van der Waals surface area contributed by atoms with E-state index in [1.165, 1.54) is 37.8 Å². The lowest BCUT2D eigenvalue weighted by Gasteiger charge is -2.13. The molecule has 0 aromatic heterocycles. The first-order chi connectivity index (χ1) is 9.15. The molecule has 0 amide bonds. The topological polar surface area (TPSA) is 29.5 Å². The highest BCUT2D eigenvalue weighted by Gasteiger charge is 2.10. The Morgan fingerprint density at radius 1 is 1.16 bits per heavy atom. The van der Waals surface area contributed by atoms with Gasteiger partial charge in [0.25, 0.3) is 0 Å². The first-order valence-corrected chi connectivity index (χ1v) is 7.25. The molecule has 108 valence electrons. The zero-order chi connectivity index (χ0) is 14.1. The molecule has 0 unspecified atom stereocenters. The van der Waals surface area contributed by atoms with E-state index in [9.17, 15) is 9.50 Å². The van der Waals surface area contributed by atoms with Crippen LogP contribution in [0.3, 0.4) is 0 Å². The SMILES string of the molecule is CCCCCCCCOc1ccc(F)cc1[C@H](C)O. The lowest BCUT2D eigenvalue weighted by molar-refractivity contribution is 0.190. The van der Waals surface area contributed by atoms with Gasteiger partial charge in [0.1, 0.15) is 11.6 Å². The van der Waals surface area contributed by atoms with Gasteiger partial charge in [-0.15, -0.1) is 0 Å².